The zero-order valence-electron chi connectivity index (χ0n) is 15.6. The van der Waals surface area contributed by atoms with Gasteiger partial charge < -0.3 is 16.0 Å². The Kier molecular flexibility index (Phi) is 4.77. The molecule has 8 nitrogen and oxygen atoms in total. The predicted molar refractivity (Wildman–Crippen MR) is 105 cm³/mol. The molecular formula is C18H16ClF3N8. The van der Waals surface area contributed by atoms with Crippen LogP contribution in [0.4, 0.5) is 13.2 Å². The van der Waals surface area contributed by atoms with Gasteiger partial charge in [0.1, 0.15) is 0 Å². The van der Waals surface area contributed by atoms with Crippen molar-refractivity contribution in [2.75, 3.05) is 0 Å². The third kappa shape index (κ3) is 3.11. The normalized spacial score (nSPS) is 16.7. The van der Waals surface area contributed by atoms with Crippen LogP contribution < -0.4 is 11.5 Å². The van der Waals surface area contributed by atoms with E-state index in [1.54, 1.807) is 21.3 Å². The topological polar surface area (TPSA) is 113 Å². The maximum Gasteiger partial charge on any atom is 0.417 e. The molecule has 3 heterocycles. The smallest absolute Gasteiger partial charge is 0.405 e. The van der Waals surface area contributed by atoms with Gasteiger partial charge in [-0.25, -0.2) is 0 Å². The number of halogens is 4. The van der Waals surface area contributed by atoms with Crippen LogP contribution >= 0.6 is 11.6 Å². The molecule has 12 heteroatoms. The van der Waals surface area contributed by atoms with Crippen molar-refractivity contribution in [3.63, 3.8) is 0 Å². The lowest BCUT2D eigenvalue weighted by Gasteiger charge is -2.25. The average Bonchev–Trinajstić information content (AvgIpc) is 3.30. The van der Waals surface area contributed by atoms with Crippen LogP contribution in [0.2, 0.25) is 5.02 Å². The molecule has 1 unspecified atom stereocenters. The highest BCUT2D eigenvalue weighted by molar-refractivity contribution is 6.34. The summed E-state index contributed by atoms with van der Waals surface area (Å²) in [5, 5.41) is 16.1. The number of rotatable bonds is 3. The number of hydrogen-bond donors (Lipinski definition) is 2. The molecule has 3 aromatic rings. The summed E-state index contributed by atoms with van der Waals surface area (Å²) in [7, 11) is 0. The van der Waals surface area contributed by atoms with Crippen molar-refractivity contribution < 1.29 is 13.2 Å². The van der Waals surface area contributed by atoms with Gasteiger partial charge in [-0.3, -0.25) is 4.57 Å². The van der Waals surface area contributed by atoms with Crippen molar-refractivity contribution in [2.24, 2.45) is 11.5 Å². The fourth-order valence-electron chi connectivity index (χ4n) is 3.40. The number of alkyl halides is 3. The highest BCUT2D eigenvalue weighted by atomic mass is 35.5. The highest BCUT2D eigenvalue weighted by Crippen LogP contribution is 2.41. The summed E-state index contributed by atoms with van der Waals surface area (Å²) in [5.74, 6) is 1.41. The summed E-state index contributed by atoms with van der Waals surface area (Å²) >= 11 is 6.09. The van der Waals surface area contributed by atoms with E-state index in [9.17, 15) is 13.2 Å². The van der Waals surface area contributed by atoms with E-state index in [4.69, 9.17) is 23.1 Å². The molecule has 1 aliphatic rings. The quantitative estimate of drug-likeness (QED) is 0.609. The van der Waals surface area contributed by atoms with Gasteiger partial charge in [-0.1, -0.05) is 17.7 Å². The number of nitrogens with zero attached hydrogens (tertiary/aromatic N) is 6. The minimum absolute atomic E-state index is 0.137. The van der Waals surface area contributed by atoms with Gasteiger partial charge in [0, 0.05) is 12.1 Å². The Morgan fingerprint density at radius 1 is 1.17 bits per heavy atom. The molecule has 0 amide bonds. The van der Waals surface area contributed by atoms with E-state index in [0.29, 0.717) is 29.7 Å². The first kappa shape index (κ1) is 20.0. The van der Waals surface area contributed by atoms with Gasteiger partial charge in [-0.05, 0) is 37.4 Å². The van der Waals surface area contributed by atoms with Crippen molar-refractivity contribution >= 4 is 17.3 Å². The van der Waals surface area contributed by atoms with Gasteiger partial charge in [0.15, 0.2) is 11.6 Å². The van der Waals surface area contributed by atoms with Gasteiger partial charge in [-0.2, -0.15) is 13.2 Å². The van der Waals surface area contributed by atoms with Crippen molar-refractivity contribution in [3.05, 3.63) is 53.0 Å². The molecule has 0 bridgehead atoms. The largest absolute Gasteiger partial charge is 0.417 e. The molecule has 2 aromatic heterocycles. The number of nitrogens with two attached hydrogens (primary N) is 2. The molecule has 0 fully saturated rings. The lowest BCUT2D eigenvalue weighted by Crippen LogP contribution is -2.23. The Morgan fingerprint density at radius 3 is 2.57 bits per heavy atom. The monoisotopic (exact) mass is 436 g/mol. The minimum atomic E-state index is -4.58. The van der Waals surface area contributed by atoms with E-state index in [1.807, 2.05) is 6.92 Å². The fourth-order valence-corrected chi connectivity index (χ4v) is 3.72. The Hall–Kier alpha value is -3.34. The van der Waals surface area contributed by atoms with Crippen molar-refractivity contribution in [2.45, 2.75) is 25.7 Å². The summed E-state index contributed by atoms with van der Waals surface area (Å²) in [6.45, 7) is 2.29. The minimum Gasteiger partial charge on any atom is -0.405 e. The van der Waals surface area contributed by atoms with Crippen LogP contribution in [0.25, 0.3) is 28.7 Å². The average molecular weight is 437 g/mol. The van der Waals surface area contributed by atoms with Crippen LogP contribution in [0.15, 0.2) is 36.6 Å². The van der Waals surface area contributed by atoms with Gasteiger partial charge in [0.2, 0.25) is 11.6 Å². The summed E-state index contributed by atoms with van der Waals surface area (Å²) in [4.78, 5) is 0. The third-order valence-corrected chi connectivity index (χ3v) is 5.13. The summed E-state index contributed by atoms with van der Waals surface area (Å²) < 4.78 is 43.3. The molecule has 4 rings (SSSR count). The number of benzene rings is 1. The summed E-state index contributed by atoms with van der Waals surface area (Å²) in [6.07, 6.45) is -0.0837. The first-order valence-electron chi connectivity index (χ1n) is 8.83. The summed E-state index contributed by atoms with van der Waals surface area (Å²) in [5.41, 5.74) is 11.0. The van der Waals surface area contributed by atoms with Crippen LogP contribution in [0, 0.1) is 0 Å². The van der Waals surface area contributed by atoms with E-state index in [0.717, 1.165) is 6.07 Å². The molecule has 0 saturated carbocycles. The lowest BCUT2D eigenvalue weighted by atomic mass is 10.1. The Morgan fingerprint density at radius 2 is 1.87 bits per heavy atom. The van der Waals surface area contributed by atoms with E-state index in [-0.39, 0.29) is 17.4 Å². The molecule has 1 atom stereocenters. The molecule has 0 radical (unpaired) electrons. The maximum absolute atomic E-state index is 13.3. The molecule has 1 aromatic carbocycles. The van der Waals surface area contributed by atoms with Crippen molar-refractivity contribution in [1.82, 2.24) is 29.5 Å². The predicted octanol–water partition coefficient (Wildman–Crippen LogP) is 3.22. The number of hydrogen-bond acceptors (Lipinski definition) is 6. The van der Waals surface area contributed by atoms with Crippen LogP contribution in [-0.2, 0) is 12.7 Å². The van der Waals surface area contributed by atoms with E-state index < -0.39 is 16.8 Å². The molecule has 0 saturated heterocycles. The molecule has 0 aliphatic carbocycles. The molecular weight excluding hydrogens is 421 g/mol. The summed E-state index contributed by atoms with van der Waals surface area (Å²) in [6, 6.07) is 3.47. The Balaban J connectivity index is 1.85. The Bertz CT molecular complexity index is 1170. The maximum atomic E-state index is 13.3. The van der Waals surface area contributed by atoms with E-state index >= 15 is 0 Å². The van der Waals surface area contributed by atoms with Crippen LogP contribution in [0.3, 0.4) is 0 Å². The zero-order chi connectivity index (χ0) is 21.6. The standard InChI is InChI=1S/C18H16ClF3N8/c1-9-8-29-15(12(24)6-3-7-23)26-27-16(29)17-28-25-14(30(9)17)10-4-2-5-11(13(10)19)18(20,21)22/h2-7,9H,8,23-24H2,1H3/b7-3-,12-6-. The molecule has 4 N–H and O–H groups in total. The number of fused-ring (bicyclic) bond motifs is 3. The third-order valence-electron chi connectivity index (χ3n) is 4.72. The molecule has 1 aliphatic heterocycles. The SMILES string of the molecule is CC1Cn2c(/C(N)=C/C=C\N)nnc2-c2nnc(-c3cccc(C(F)(F)F)c3Cl)n21. The first-order valence-corrected chi connectivity index (χ1v) is 9.20. The van der Waals surface area contributed by atoms with Gasteiger partial charge in [0.05, 0.1) is 22.3 Å². The zero-order valence-corrected chi connectivity index (χ0v) is 16.4. The number of aromatic nitrogens is 6. The fraction of sp³-hybridized carbons (Fsp3) is 0.222. The molecule has 30 heavy (non-hydrogen) atoms. The van der Waals surface area contributed by atoms with Gasteiger partial charge in [-0.15, -0.1) is 20.4 Å². The number of allylic oxidation sites excluding steroid dienone is 2. The van der Waals surface area contributed by atoms with Crippen LogP contribution in [0.1, 0.15) is 24.4 Å². The second kappa shape index (κ2) is 7.17. The Labute approximate surface area is 173 Å². The van der Waals surface area contributed by atoms with Crippen molar-refractivity contribution in [1.29, 1.82) is 0 Å². The van der Waals surface area contributed by atoms with Gasteiger partial charge in [0.25, 0.3) is 0 Å². The molecule has 0 spiro atoms. The van der Waals surface area contributed by atoms with Gasteiger partial charge >= 0.3 is 6.18 Å². The lowest BCUT2D eigenvalue weighted by molar-refractivity contribution is -0.137. The van der Waals surface area contributed by atoms with Crippen LogP contribution in [-0.4, -0.2) is 29.5 Å². The molecule has 156 valence electrons. The van der Waals surface area contributed by atoms with Crippen LogP contribution in [0.5, 0.6) is 0 Å². The first-order chi connectivity index (χ1) is 14.2. The second-order valence-electron chi connectivity index (χ2n) is 6.70. The van der Waals surface area contributed by atoms with Crippen molar-refractivity contribution in [3.8, 4) is 23.0 Å². The van der Waals surface area contributed by atoms with E-state index in [2.05, 4.69) is 20.4 Å². The highest BCUT2D eigenvalue weighted by Gasteiger charge is 2.36. The second-order valence-corrected chi connectivity index (χ2v) is 7.07. The van der Waals surface area contributed by atoms with E-state index in [1.165, 1.54) is 18.3 Å².